The summed E-state index contributed by atoms with van der Waals surface area (Å²) >= 11 is 0. The monoisotopic (exact) mass is 217 g/mol. The Bertz CT molecular complexity index is 117. The predicted octanol–water partition coefficient (Wildman–Crippen LogP) is 2.64. The van der Waals surface area contributed by atoms with Gasteiger partial charge in [-0.15, -0.1) is 0 Å². The number of aliphatic hydroxyl groups is 1. The molecule has 2 N–H and O–H groups in total. The van der Waals surface area contributed by atoms with E-state index in [1.165, 1.54) is 12.8 Å². The molecule has 0 fully saturated rings. The lowest BCUT2D eigenvalue weighted by Gasteiger charge is -2.19. The molecule has 0 rings (SSSR count). The van der Waals surface area contributed by atoms with E-state index in [9.17, 15) is 5.11 Å². The normalized spacial score (nSPS) is 15.2. The van der Waals surface area contributed by atoms with Crippen LogP contribution in [-0.4, -0.2) is 24.2 Å². The van der Waals surface area contributed by atoms with Gasteiger partial charge in [0.1, 0.15) is 6.23 Å². The van der Waals surface area contributed by atoms with Crippen molar-refractivity contribution >= 4 is 0 Å². The smallest absolute Gasteiger partial charge is 0.156 e. The molecule has 0 aliphatic heterocycles. The maximum Gasteiger partial charge on any atom is 0.156 e. The van der Waals surface area contributed by atoms with Crippen molar-refractivity contribution in [2.45, 2.75) is 71.8 Å². The summed E-state index contributed by atoms with van der Waals surface area (Å²) in [6.45, 7) is 7.22. The molecular weight excluding hydrogens is 190 g/mol. The number of nitrogens with one attached hydrogen (secondary N) is 1. The molecule has 92 valence electrons. The van der Waals surface area contributed by atoms with Crippen LogP contribution in [-0.2, 0) is 4.74 Å². The predicted molar refractivity (Wildman–Crippen MR) is 63.6 cm³/mol. The van der Waals surface area contributed by atoms with Crippen molar-refractivity contribution in [1.29, 1.82) is 0 Å². The van der Waals surface area contributed by atoms with Gasteiger partial charge in [-0.25, -0.2) is 0 Å². The van der Waals surface area contributed by atoms with Gasteiger partial charge in [-0.3, -0.25) is 5.32 Å². The zero-order valence-corrected chi connectivity index (χ0v) is 10.5. The lowest BCUT2D eigenvalue weighted by Crippen LogP contribution is -2.33. The van der Waals surface area contributed by atoms with Crippen molar-refractivity contribution in [2.24, 2.45) is 0 Å². The number of rotatable bonds is 10. The van der Waals surface area contributed by atoms with Crippen molar-refractivity contribution in [1.82, 2.24) is 5.32 Å². The number of ether oxygens (including phenoxy) is 1. The quantitative estimate of drug-likeness (QED) is 0.436. The molecule has 0 aliphatic carbocycles. The third kappa shape index (κ3) is 10.2. The first kappa shape index (κ1) is 14.9. The Kier molecular flexibility index (Phi) is 10.3. The summed E-state index contributed by atoms with van der Waals surface area (Å²) in [5.74, 6) is 0. The maximum absolute atomic E-state index is 9.54. The molecule has 0 heterocycles. The molecule has 0 aromatic heterocycles. The fraction of sp³-hybridized carbons (Fsp3) is 1.00. The van der Waals surface area contributed by atoms with Crippen LogP contribution in [0.5, 0.6) is 0 Å². The van der Waals surface area contributed by atoms with Crippen LogP contribution in [0.3, 0.4) is 0 Å². The van der Waals surface area contributed by atoms with Gasteiger partial charge in [0.25, 0.3) is 0 Å². The van der Waals surface area contributed by atoms with E-state index >= 15 is 0 Å². The van der Waals surface area contributed by atoms with Gasteiger partial charge >= 0.3 is 0 Å². The molecule has 0 saturated carbocycles. The third-order valence-electron chi connectivity index (χ3n) is 2.38. The summed E-state index contributed by atoms with van der Waals surface area (Å²) in [6.07, 6.45) is 5.80. The van der Waals surface area contributed by atoms with Crippen LogP contribution in [0.2, 0.25) is 0 Å². The Morgan fingerprint density at radius 1 is 1.13 bits per heavy atom. The molecule has 2 unspecified atom stereocenters. The lowest BCUT2D eigenvalue weighted by molar-refractivity contribution is -0.143. The third-order valence-corrected chi connectivity index (χ3v) is 2.38. The fourth-order valence-electron chi connectivity index (χ4n) is 1.40. The number of aliphatic hydroxyl groups excluding tert-OH is 1. The van der Waals surface area contributed by atoms with Crippen molar-refractivity contribution in [3.05, 3.63) is 0 Å². The first-order chi connectivity index (χ1) is 7.20. The highest BCUT2D eigenvalue weighted by atomic mass is 16.6. The summed E-state index contributed by atoms with van der Waals surface area (Å²) in [7, 11) is 0. The highest BCUT2D eigenvalue weighted by Crippen LogP contribution is 2.05. The minimum absolute atomic E-state index is 0.0480. The van der Waals surface area contributed by atoms with E-state index in [0.29, 0.717) is 0 Å². The molecular formula is C12H27NO2. The topological polar surface area (TPSA) is 41.5 Å². The first-order valence-corrected chi connectivity index (χ1v) is 6.27. The molecule has 15 heavy (non-hydrogen) atoms. The van der Waals surface area contributed by atoms with Crippen molar-refractivity contribution < 1.29 is 9.84 Å². The second-order valence-electron chi connectivity index (χ2n) is 4.04. The van der Waals surface area contributed by atoms with Gasteiger partial charge in [0.15, 0.2) is 6.29 Å². The molecule has 0 saturated heterocycles. The van der Waals surface area contributed by atoms with E-state index in [-0.39, 0.29) is 6.23 Å². The Morgan fingerprint density at radius 2 is 1.80 bits per heavy atom. The molecule has 0 bridgehead atoms. The van der Waals surface area contributed by atoms with Crippen LogP contribution >= 0.6 is 0 Å². The Labute approximate surface area is 94.2 Å². The molecule has 0 spiro atoms. The van der Waals surface area contributed by atoms with Crippen molar-refractivity contribution in [3.8, 4) is 0 Å². The van der Waals surface area contributed by atoms with Crippen molar-refractivity contribution in [3.63, 3.8) is 0 Å². The first-order valence-electron chi connectivity index (χ1n) is 6.27. The van der Waals surface area contributed by atoms with Gasteiger partial charge in [0.2, 0.25) is 0 Å². The average molecular weight is 217 g/mol. The van der Waals surface area contributed by atoms with Crippen LogP contribution < -0.4 is 5.32 Å². The second-order valence-corrected chi connectivity index (χ2v) is 4.04. The molecule has 0 aromatic rings. The van der Waals surface area contributed by atoms with Gasteiger partial charge in [0.05, 0.1) is 0 Å². The van der Waals surface area contributed by atoms with Crippen LogP contribution in [0.25, 0.3) is 0 Å². The van der Waals surface area contributed by atoms with Crippen LogP contribution in [0, 0.1) is 0 Å². The standard InChI is InChI=1S/C12H27NO2/c1-4-6-8-9-12(14)15-11(3)13-10-7-5-2/h11-14H,4-10H2,1-3H3. The van der Waals surface area contributed by atoms with Gasteiger partial charge in [-0.1, -0.05) is 33.1 Å². The number of hydrogen-bond donors (Lipinski definition) is 2. The molecule has 0 aromatic carbocycles. The summed E-state index contributed by atoms with van der Waals surface area (Å²) in [5.41, 5.74) is 0. The fourth-order valence-corrected chi connectivity index (χ4v) is 1.40. The van der Waals surface area contributed by atoms with E-state index in [1.54, 1.807) is 0 Å². The van der Waals surface area contributed by atoms with E-state index in [4.69, 9.17) is 4.74 Å². The summed E-state index contributed by atoms with van der Waals surface area (Å²) in [4.78, 5) is 0. The largest absolute Gasteiger partial charge is 0.368 e. The highest BCUT2D eigenvalue weighted by Gasteiger charge is 2.08. The van der Waals surface area contributed by atoms with E-state index in [0.717, 1.165) is 32.2 Å². The highest BCUT2D eigenvalue weighted by molar-refractivity contribution is 4.51. The Hall–Kier alpha value is -0.120. The second kappa shape index (κ2) is 10.4. The molecule has 2 atom stereocenters. The molecule has 3 nitrogen and oxygen atoms in total. The van der Waals surface area contributed by atoms with E-state index in [2.05, 4.69) is 19.2 Å². The average Bonchev–Trinajstić information content (AvgIpc) is 2.18. The van der Waals surface area contributed by atoms with Crippen molar-refractivity contribution in [2.75, 3.05) is 6.54 Å². The lowest BCUT2D eigenvalue weighted by atomic mass is 10.2. The molecule has 0 amide bonds. The van der Waals surface area contributed by atoms with E-state index in [1.807, 2.05) is 6.92 Å². The summed E-state index contributed by atoms with van der Waals surface area (Å²) in [5, 5.41) is 12.8. The Morgan fingerprint density at radius 3 is 2.40 bits per heavy atom. The number of unbranched alkanes of at least 4 members (excludes halogenated alkanes) is 3. The zero-order valence-electron chi connectivity index (χ0n) is 10.5. The van der Waals surface area contributed by atoms with Gasteiger partial charge in [0, 0.05) is 0 Å². The minimum atomic E-state index is -0.610. The number of hydrogen-bond acceptors (Lipinski definition) is 3. The van der Waals surface area contributed by atoms with Crippen LogP contribution in [0.4, 0.5) is 0 Å². The Balaban J connectivity index is 3.35. The molecule has 3 heteroatoms. The molecule has 0 radical (unpaired) electrons. The summed E-state index contributed by atoms with van der Waals surface area (Å²) in [6, 6.07) is 0. The van der Waals surface area contributed by atoms with Gasteiger partial charge in [-0.2, -0.15) is 0 Å². The molecule has 0 aliphatic rings. The minimum Gasteiger partial charge on any atom is -0.368 e. The van der Waals surface area contributed by atoms with E-state index < -0.39 is 6.29 Å². The van der Waals surface area contributed by atoms with Crippen LogP contribution in [0.1, 0.15) is 59.3 Å². The van der Waals surface area contributed by atoms with Gasteiger partial charge < -0.3 is 9.84 Å². The maximum atomic E-state index is 9.54. The zero-order chi connectivity index (χ0) is 11.5. The van der Waals surface area contributed by atoms with Gasteiger partial charge in [-0.05, 0) is 32.7 Å². The van der Waals surface area contributed by atoms with Crippen LogP contribution in [0.15, 0.2) is 0 Å². The summed E-state index contributed by atoms with van der Waals surface area (Å²) < 4.78 is 5.39. The SMILES string of the molecule is CCCCCC(O)OC(C)NCCCC.